The van der Waals surface area contributed by atoms with E-state index in [4.69, 9.17) is 4.74 Å². The van der Waals surface area contributed by atoms with Crippen molar-refractivity contribution in [1.82, 2.24) is 9.97 Å². The molecule has 29 heavy (non-hydrogen) atoms. The number of benzene rings is 1. The zero-order valence-corrected chi connectivity index (χ0v) is 17.6. The zero-order chi connectivity index (χ0) is 21.4. The topological polar surface area (TPSA) is 95.7 Å². The van der Waals surface area contributed by atoms with Gasteiger partial charge >= 0.3 is 0 Å². The molecule has 0 saturated carbocycles. The van der Waals surface area contributed by atoms with Crippen LogP contribution in [-0.2, 0) is 11.2 Å². The van der Waals surface area contributed by atoms with Crippen LogP contribution in [0.25, 0.3) is 6.08 Å². The van der Waals surface area contributed by atoms with Crippen molar-refractivity contribution in [3.8, 4) is 0 Å². The molecular weight excluding hydrogens is 368 g/mol. The van der Waals surface area contributed by atoms with Gasteiger partial charge < -0.3 is 20.1 Å². The van der Waals surface area contributed by atoms with Crippen molar-refractivity contribution >= 4 is 6.08 Å². The second-order valence-corrected chi connectivity index (χ2v) is 7.34. The normalized spacial score (nSPS) is 24.9. The highest BCUT2D eigenvalue weighted by molar-refractivity contribution is 5.53. The third-order valence-corrected chi connectivity index (χ3v) is 5.11. The molecule has 2 heterocycles. The van der Waals surface area contributed by atoms with Gasteiger partial charge in [0.15, 0.2) is 0 Å². The van der Waals surface area contributed by atoms with Gasteiger partial charge in [0.2, 0.25) is 0 Å². The number of hydrogen-bond acceptors (Lipinski definition) is 6. The Balaban J connectivity index is 0.000000234. The summed E-state index contributed by atoms with van der Waals surface area (Å²) in [4.78, 5) is 8.19. The Hall–Kier alpha value is -2.12. The number of aliphatic hydroxyl groups excluding tert-OH is 3. The van der Waals surface area contributed by atoms with E-state index in [2.05, 4.69) is 9.97 Å². The first-order chi connectivity index (χ1) is 13.8. The minimum Gasteiger partial charge on any atom is -0.390 e. The molecule has 1 saturated heterocycles. The molecule has 1 aliphatic rings. The van der Waals surface area contributed by atoms with Gasteiger partial charge in [-0.3, -0.25) is 0 Å². The Morgan fingerprint density at radius 2 is 1.69 bits per heavy atom. The van der Waals surface area contributed by atoms with Crippen LogP contribution in [0.3, 0.4) is 0 Å². The van der Waals surface area contributed by atoms with Crippen molar-refractivity contribution in [2.24, 2.45) is 0 Å². The van der Waals surface area contributed by atoms with Gasteiger partial charge in [-0.25, -0.2) is 9.97 Å². The van der Waals surface area contributed by atoms with Crippen LogP contribution in [0, 0.1) is 13.8 Å². The van der Waals surface area contributed by atoms with Gasteiger partial charge in [-0.05, 0) is 46.1 Å². The average molecular weight is 401 g/mol. The highest BCUT2D eigenvalue weighted by Gasteiger charge is 2.43. The lowest BCUT2D eigenvalue weighted by Gasteiger charge is -2.21. The Morgan fingerprint density at radius 3 is 2.21 bits per heavy atom. The molecule has 1 aromatic heterocycles. The standard InChI is InChI=1S/C14H20O4.C9H12N2/c1-9-12(16)13(17)14(18-9)11(15)8-7-10-5-3-2-4-6-10;1-4-5-9-7(2)10-6-11-8(9)3/h2-6,9,11-17H,7-8H2,1H3;4-6H,1-3H3/b;5-4-/t9-,11-,12-,13-,14+;/m0./s1. The number of aryl methyl sites for hydroxylation is 3. The van der Waals surface area contributed by atoms with Crippen LogP contribution in [0.1, 0.15) is 42.8 Å². The largest absolute Gasteiger partial charge is 0.390 e. The predicted molar refractivity (Wildman–Crippen MR) is 113 cm³/mol. The zero-order valence-electron chi connectivity index (χ0n) is 17.6. The van der Waals surface area contributed by atoms with Gasteiger partial charge in [-0.1, -0.05) is 42.5 Å². The van der Waals surface area contributed by atoms with Gasteiger partial charge in [0.05, 0.1) is 12.2 Å². The highest BCUT2D eigenvalue weighted by atomic mass is 16.6. The van der Waals surface area contributed by atoms with Gasteiger partial charge in [-0.15, -0.1) is 0 Å². The molecule has 0 spiro atoms. The SMILES string of the molecule is C/C=C\c1c(C)ncnc1C.C[C@@H]1O[C@H]([C@@H](O)CCc2ccccc2)[C@@H](O)[C@H]1O. The molecular formula is C23H32N2O4. The fourth-order valence-corrected chi connectivity index (χ4v) is 3.33. The number of aliphatic hydroxyl groups is 3. The predicted octanol–water partition coefficient (Wildman–Crippen LogP) is 2.62. The summed E-state index contributed by atoms with van der Waals surface area (Å²) in [6.07, 6.45) is 3.03. The first-order valence-corrected chi connectivity index (χ1v) is 9.99. The van der Waals surface area contributed by atoms with Crippen LogP contribution < -0.4 is 0 Å². The summed E-state index contributed by atoms with van der Waals surface area (Å²) < 4.78 is 5.39. The minimum atomic E-state index is -1.01. The monoisotopic (exact) mass is 400 g/mol. The molecule has 2 aromatic rings. The molecule has 0 bridgehead atoms. The van der Waals surface area contributed by atoms with Gasteiger partial charge in [-0.2, -0.15) is 0 Å². The highest BCUT2D eigenvalue weighted by Crippen LogP contribution is 2.25. The number of ether oxygens (including phenoxy) is 1. The Labute approximate surface area is 172 Å². The Kier molecular flexibility index (Phi) is 8.92. The molecule has 1 aromatic carbocycles. The second-order valence-electron chi connectivity index (χ2n) is 7.34. The molecule has 158 valence electrons. The van der Waals surface area contributed by atoms with E-state index in [1.54, 1.807) is 13.3 Å². The van der Waals surface area contributed by atoms with Crippen LogP contribution >= 0.6 is 0 Å². The summed E-state index contributed by atoms with van der Waals surface area (Å²) in [5, 5.41) is 29.4. The summed E-state index contributed by atoms with van der Waals surface area (Å²) in [6, 6.07) is 9.84. The van der Waals surface area contributed by atoms with Crippen LogP contribution in [0.5, 0.6) is 0 Å². The summed E-state index contributed by atoms with van der Waals surface area (Å²) in [6.45, 7) is 7.66. The van der Waals surface area contributed by atoms with Crippen molar-refractivity contribution in [3.05, 3.63) is 65.2 Å². The van der Waals surface area contributed by atoms with Crippen molar-refractivity contribution in [1.29, 1.82) is 0 Å². The van der Waals surface area contributed by atoms with Gasteiger partial charge in [0, 0.05) is 17.0 Å². The number of allylic oxidation sites excluding steroid dienone is 1. The van der Waals surface area contributed by atoms with Crippen LogP contribution in [0.15, 0.2) is 42.7 Å². The Bertz CT molecular complexity index is 761. The van der Waals surface area contributed by atoms with Crippen molar-refractivity contribution in [3.63, 3.8) is 0 Å². The average Bonchev–Trinajstić information content (AvgIpc) is 2.98. The van der Waals surface area contributed by atoms with E-state index in [-0.39, 0.29) is 0 Å². The van der Waals surface area contributed by atoms with Gasteiger partial charge in [0.25, 0.3) is 0 Å². The summed E-state index contributed by atoms with van der Waals surface area (Å²) in [5.41, 5.74) is 4.35. The van der Waals surface area contributed by atoms with E-state index >= 15 is 0 Å². The number of hydrogen-bond donors (Lipinski definition) is 3. The fourth-order valence-electron chi connectivity index (χ4n) is 3.33. The molecule has 0 unspecified atom stereocenters. The fraction of sp³-hybridized carbons (Fsp3) is 0.478. The summed E-state index contributed by atoms with van der Waals surface area (Å²) >= 11 is 0. The molecule has 1 aliphatic heterocycles. The van der Waals surface area contributed by atoms with Crippen molar-refractivity contribution in [2.75, 3.05) is 0 Å². The molecule has 3 N–H and O–H groups in total. The lowest BCUT2D eigenvalue weighted by Crippen LogP contribution is -2.38. The second kappa shape index (κ2) is 11.2. The first kappa shape index (κ1) is 23.2. The summed E-state index contributed by atoms with van der Waals surface area (Å²) in [7, 11) is 0. The van der Waals surface area contributed by atoms with Crippen LogP contribution in [0.2, 0.25) is 0 Å². The molecule has 6 heteroatoms. The van der Waals surface area contributed by atoms with E-state index in [9.17, 15) is 15.3 Å². The van der Waals surface area contributed by atoms with Crippen molar-refractivity contribution < 1.29 is 20.1 Å². The van der Waals surface area contributed by atoms with Crippen LogP contribution in [0.4, 0.5) is 0 Å². The van der Waals surface area contributed by atoms with E-state index < -0.39 is 30.5 Å². The lowest BCUT2D eigenvalue weighted by atomic mass is 9.99. The Morgan fingerprint density at radius 1 is 1.07 bits per heavy atom. The van der Waals surface area contributed by atoms with Gasteiger partial charge in [0.1, 0.15) is 24.6 Å². The van der Waals surface area contributed by atoms with E-state index in [1.807, 2.05) is 63.3 Å². The summed E-state index contributed by atoms with van der Waals surface area (Å²) in [5.74, 6) is 0. The molecule has 0 aliphatic carbocycles. The van der Waals surface area contributed by atoms with E-state index in [0.29, 0.717) is 6.42 Å². The van der Waals surface area contributed by atoms with E-state index in [1.165, 1.54) is 0 Å². The van der Waals surface area contributed by atoms with Crippen molar-refractivity contribution in [2.45, 2.75) is 71.1 Å². The molecule has 1 fully saturated rings. The lowest BCUT2D eigenvalue weighted by molar-refractivity contribution is -0.0642. The maximum absolute atomic E-state index is 10.0. The molecule has 0 radical (unpaired) electrons. The molecule has 3 rings (SSSR count). The number of aromatic nitrogens is 2. The molecule has 6 nitrogen and oxygen atoms in total. The minimum absolute atomic E-state index is 0.434. The van der Waals surface area contributed by atoms with Crippen LogP contribution in [-0.4, -0.2) is 55.8 Å². The maximum Gasteiger partial charge on any atom is 0.115 e. The number of nitrogens with zero attached hydrogens (tertiary/aromatic N) is 2. The molecule has 5 atom stereocenters. The first-order valence-electron chi connectivity index (χ1n) is 9.99. The third-order valence-electron chi connectivity index (χ3n) is 5.11. The third kappa shape index (κ3) is 6.44. The quantitative estimate of drug-likeness (QED) is 0.714. The number of rotatable bonds is 5. The molecule has 0 amide bonds. The smallest absolute Gasteiger partial charge is 0.115 e. The van der Waals surface area contributed by atoms with E-state index in [0.717, 1.165) is 28.9 Å². The maximum atomic E-state index is 10.0.